The lowest BCUT2D eigenvalue weighted by molar-refractivity contribution is -0.00830. The third-order valence-electron chi connectivity index (χ3n) is 5.46. The van der Waals surface area contributed by atoms with Crippen LogP contribution in [0.5, 0.6) is 0 Å². The Kier molecular flexibility index (Phi) is 7.46. The second-order valence-electron chi connectivity index (χ2n) is 7.67. The van der Waals surface area contributed by atoms with Crippen molar-refractivity contribution in [3.05, 3.63) is 70.3 Å². The molecule has 0 spiro atoms. The number of benzene rings is 2. The van der Waals surface area contributed by atoms with E-state index in [4.69, 9.17) is 4.74 Å². The maximum atomic E-state index is 11.8. The number of carbonyl (C=O) groups excluding carboxylic acids is 1. The summed E-state index contributed by atoms with van der Waals surface area (Å²) < 4.78 is 6.07. The third kappa shape index (κ3) is 5.39. The van der Waals surface area contributed by atoms with Crippen LogP contribution >= 0.6 is 0 Å². The molecular weight excluding hydrogens is 376 g/mol. The van der Waals surface area contributed by atoms with Gasteiger partial charge >= 0.3 is 0 Å². The highest BCUT2D eigenvalue weighted by Gasteiger charge is 2.25. The van der Waals surface area contributed by atoms with Crippen molar-refractivity contribution in [2.24, 2.45) is 4.99 Å². The van der Waals surface area contributed by atoms with E-state index in [0.717, 1.165) is 37.6 Å². The molecule has 1 aliphatic rings. The molecule has 2 N–H and O–H groups in total. The molecule has 30 heavy (non-hydrogen) atoms. The number of aryl methyl sites for hydroxylation is 2. The lowest BCUT2D eigenvalue weighted by atomic mass is 10.00. The molecule has 1 aliphatic heterocycles. The number of ether oxygens (including phenoxy) is 1. The van der Waals surface area contributed by atoms with Crippen LogP contribution < -0.4 is 10.6 Å². The van der Waals surface area contributed by atoms with Crippen molar-refractivity contribution in [2.45, 2.75) is 26.4 Å². The fourth-order valence-corrected chi connectivity index (χ4v) is 3.88. The predicted molar refractivity (Wildman–Crippen MR) is 121 cm³/mol. The number of morpholine rings is 1. The van der Waals surface area contributed by atoms with Gasteiger partial charge in [-0.3, -0.25) is 9.79 Å². The molecule has 1 atom stereocenters. The molecule has 0 aromatic heterocycles. The van der Waals surface area contributed by atoms with E-state index in [0.29, 0.717) is 12.2 Å². The summed E-state index contributed by atoms with van der Waals surface area (Å²) in [5, 5.41) is 6.13. The van der Waals surface area contributed by atoms with Crippen LogP contribution in [0.4, 0.5) is 0 Å². The van der Waals surface area contributed by atoms with Gasteiger partial charge in [0.2, 0.25) is 0 Å². The molecule has 0 radical (unpaired) electrons. The van der Waals surface area contributed by atoms with Crippen LogP contribution in [0.25, 0.3) is 0 Å². The summed E-state index contributed by atoms with van der Waals surface area (Å²) in [5.74, 6) is 0.821. The Labute approximate surface area is 179 Å². The molecule has 3 rings (SSSR count). The highest BCUT2D eigenvalue weighted by atomic mass is 16.5. The van der Waals surface area contributed by atoms with E-state index >= 15 is 0 Å². The maximum absolute atomic E-state index is 11.8. The lowest BCUT2D eigenvalue weighted by Gasteiger charge is -2.36. The molecule has 1 fully saturated rings. The molecule has 160 valence electrons. The Hall–Kier alpha value is -2.86. The summed E-state index contributed by atoms with van der Waals surface area (Å²) >= 11 is 0. The summed E-state index contributed by atoms with van der Waals surface area (Å²) in [4.78, 5) is 18.6. The van der Waals surface area contributed by atoms with E-state index < -0.39 is 0 Å². The van der Waals surface area contributed by atoms with E-state index in [1.807, 2.05) is 31.3 Å². The Balaban J connectivity index is 1.59. The minimum atomic E-state index is -0.0635. The largest absolute Gasteiger partial charge is 0.370 e. The first kappa shape index (κ1) is 21.8. The zero-order chi connectivity index (χ0) is 21.5. The summed E-state index contributed by atoms with van der Waals surface area (Å²) in [6.07, 6.45) is 0.858. The molecule has 0 aliphatic carbocycles. The van der Waals surface area contributed by atoms with Gasteiger partial charge in [-0.1, -0.05) is 35.9 Å². The molecule has 0 saturated carbocycles. The Bertz CT molecular complexity index is 910. The lowest BCUT2D eigenvalue weighted by Crippen LogP contribution is -2.48. The fourth-order valence-electron chi connectivity index (χ4n) is 3.88. The van der Waals surface area contributed by atoms with Crippen LogP contribution in [0.3, 0.4) is 0 Å². The van der Waals surface area contributed by atoms with Crippen LogP contribution in [0.1, 0.15) is 38.7 Å². The standard InChI is InChI=1S/C24H32N4O2/c1-17-8-9-21(18(2)14-17)22-16-28(12-13-30-22)24(26-4)27-11-10-19-6-5-7-20(15-19)23(29)25-3/h5-9,14-15,22H,10-13,16H2,1-4H3,(H,25,29)(H,26,27). The first-order valence-electron chi connectivity index (χ1n) is 10.5. The Morgan fingerprint density at radius 3 is 2.80 bits per heavy atom. The van der Waals surface area contributed by atoms with Gasteiger partial charge in [0.15, 0.2) is 5.96 Å². The zero-order valence-electron chi connectivity index (χ0n) is 18.4. The van der Waals surface area contributed by atoms with E-state index in [-0.39, 0.29) is 12.0 Å². The van der Waals surface area contributed by atoms with E-state index in [1.165, 1.54) is 16.7 Å². The van der Waals surface area contributed by atoms with Gasteiger partial charge in [0.25, 0.3) is 5.91 Å². The van der Waals surface area contributed by atoms with Gasteiger partial charge < -0.3 is 20.3 Å². The molecule has 6 heteroatoms. The third-order valence-corrected chi connectivity index (χ3v) is 5.46. The number of nitrogens with zero attached hydrogens (tertiary/aromatic N) is 2. The summed E-state index contributed by atoms with van der Waals surface area (Å²) in [7, 11) is 3.46. The van der Waals surface area contributed by atoms with Gasteiger partial charge in [-0.15, -0.1) is 0 Å². The second kappa shape index (κ2) is 10.3. The first-order chi connectivity index (χ1) is 14.5. The summed E-state index contributed by atoms with van der Waals surface area (Å²) in [6.45, 7) is 7.26. The maximum Gasteiger partial charge on any atom is 0.251 e. The molecule has 1 unspecified atom stereocenters. The van der Waals surface area contributed by atoms with Gasteiger partial charge in [-0.2, -0.15) is 0 Å². The smallest absolute Gasteiger partial charge is 0.251 e. The fraction of sp³-hybridized carbons (Fsp3) is 0.417. The zero-order valence-corrected chi connectivity index (χ0v) is 18.4. The average Bonchev–Trinajstić information content (AvgIpc) is 2.76. The van der Waals surface area contributed by atoms with Crippen molar-refractivity contribution in [3.8, 4) is 0 Å². The normalized spacial score (nSPS) is 17.0. The Morgan fingerprint density at radius 2 is 2.07 bits per heavy atom. The van der Waals surface area contributed by atoms with Crippen molar-refractivity contribution < 1.29 is 9.53 Å². The average molecular weight is 409 g/mol. The van der Waals surface area contributed by atoms with Crippen molar-refractivity contribution >= 4 is 11.9 Å². The van der Waals surface area contributed by atoms with Crippen molar-refractivity contribution in [3.63, 3.8) is 0 Å². The van der Waals surface area contributed by atoms with Gasteiger partial charge in [0.1, 0.15) is 6.10 Å². The summed E-state index contributed by atoms with van der Waals surface area (Å²) in [5.41, 5.74) is 5.58. The van der Waals surface area contributed by atoms with Crippen LogP contribution in [0.2, 0.25) is 0 Å². The monoisotopic (exact) mass is 408 g/mol. The molecule has 1 amide bonds. The predicted octanol–water partition coefficient (Wildman–Crippen LogP) is 2.85. The first-order valence-corrected chi connectivity index (χ1v) is 10.5. The number of hydrogen-bond donors (Lipinski definition) is 2. The second-order valence-corrected chi connectivity index (χ2v) is 7.67. The van der Waals surface area contributed by atoms with Crippen LogP contribution in [-0.4, -0.2) is 57.1 Å². The highest BCUT2D eigenvalue weighted by molar-refractivity contribution is 5.94. The van der Waals surface area contributed by atoms with Crippen LogP contribution in [0, 0.1) is 13.8 Å². The van der Waals surface area contributed by atoms with Gasteiger partial charge in [-0.05, 0) is 49.1 Å². The van der Waals surface area contributed by atoms with Gasteiger partial charge in [0.05, 0.1) is 13.2 Å². The molecule has 1 saturated heterocycles. The number of nitrogens with one attached hydrogen (secondary N) is 2. The number of rotatable bonds is 5. The molecule has 6 nitrogen and oxygen atoms in total. The number of aliphatic imine (C=N–C) groups is 1. The topological polar surface area (TPSA) is 66.0 Å². The van der Waals surface area contributed by atoms with Crippen molar-refractivity contribution in [2.75, 3.05) is 40.3 Å². The minimum absolute atomic E-state index is 0.0436. The Morgan fingerprint density at radius 1 is 1.23 bits per heavy atom. The number of amides is 1. The molecular formula is C24H32N4O2. The van der Waals surface area contributed by atoms with E-state index in [9.17, 15) is 4.79 Å². The number of carbonyl (C=O) groups is 1. The van der Waals surface area contributed by atoms with Crippen LogP contribution in [0.15, 0.2) is 47.5 Å². The van der Waals surface area contributed by atoms with Crippen LogP contribution in [-0.2, 0) is 11.2 Å². The van der Waals surface area contributed by atoms with Gasteiger partial charge in [-0.25, -0.2) is 0 Å². The van der Waals surface area contributed by atoms with E-state index in [1.54, 1.807) is 7.05 Å². The SMILES string of the molecule is CN=C(NCCc1cccc(C(=O)NC)c1)N1CCOC(c2ccc(C)cc2C)C1. The molecule has 0 bridgehead atoms. The molecule has 2 aromatic carbocycles. The quantitative estimate of drug-likeness (QED) is 0.590. The molecule has 2 aromatic rings. The van der Waals surface area contributed by atoms with Crippen molar-refractivity contribution in [1.82, 2.24) is 15.5 Å². The number of guanidine groups is 1. The minimum Gasteiger partial charge on any atom is -0.370 e. The molecule has 1 heterocycles. The van der Waals surface area contributed by atoms with Crippen molar-refractivity contribution in [1.29, 1.82) is 0 Å². The number of hydrogen-bond acceptors (Lipinski definition) is 3. The van der Waals surface area contributed by atoms with E-state index in [2.05, 4.69) is 52.6 Å². The highest BCUT2D eigenvalue weighted by Crippen LogP contribution is 2.25. The summed E-state index contributed by atoms with van der Waals surface area (Å²) in [6, 6.07) is 14.3. The van der Waals surface area contributed by atoms with Gasteiger partial charge in [0, 0.05) is 32.7 Å².